The van der Waals surface area contributed by atoms with Crippen LogP contribution in [0.25, 0.3) is 0 Å². The van der Waals surface area contributed by atoms with Gasteiger partial charge in [0.1, 0.15) is 0 Å². The molecular weight excluding hydrogens is 262 g/mol. The molecule has 0 radical (unpaired) electrons. The molecule has 0 saturated heterocycles. The highest BCUT2D eigenvalue weighted by molar-refractivity contribution is 6.34. The van der Waals surface area contributed by atoms with Crippen LogP contribution in [-0.2, 0) is 6.54 Å². The van der Waals surface area contributed by atoms with Crippen LogP contribution >= 0.6 is 11.6 Å². The lowest BCUT2D eigenvalue weighted by atomic mass is 10.2. The fourth-order valence-electron chi connectivity index (χ4n) is 1.58. The first-order valence-corrected chi connectivity index (χ1v) is 6.17. The van der Waals surface area contributed by atoms with E-state index in [2.05, 4.69) is 10.6 Å². The second kappa shape index (κ2) is 6.11. The molecular formula is C14H14ClN3O. The quantitative estimate of drug-likeness (QED) is 0.753. The summed E-state index contributed by atoms with van der Waals surface area (Å²) in [6.07, 6.45) is 0. The van der Waals surface area contributed by atoms with Gasteiger partial charge in [0, 0.05) is 12.2 Å². The van der Waals surface area contributed by atoms with E-state index in [-0.39, 0.29) is 6.03 Å². The number of nitrogens with one attached hydrogen (secondary N) is 2. The van der Waals surface area contributed by atoms with E-state index in [1.165, 1.54) is 0 Å². The average Bonchev–Trinajstić information content (AvgIpc) is 2.41. The van der Waals surface area contributed by atoms with E-state index in [0.717, 1.165) is 5.56 Å². The maximum atomic E-state index is 11.7. The van der Waals surface area contributed by atoms with Crippen LogP contribution in [0.4, 0.5) is 16.2 Å². The van der Waals surface area contributed by atoms with Crippen LogP contribution in [0.3, 0.4) is 0 Å². The minimum atomic E-state index is -0.310. The number of amides is 2. The highest BCUT2D eigenvalue weighted by Crippen LogP contribution is 2.23. The molecule has 0 atom stereocenters. The lowest BCUT2D eigenvalue weighted by molar-refractivity contribution is 0.251. The zero-order valence-corrected chi connectivity index (χ0v) is 10.9. The van der Waals surface area contributed by atoms with E-state index in [1.54, 1.807) is 18.2 Å². The molecule has 0 aromatic heterocycles. The van der Waals surface area contributed by atoms with Crippen LogP contribution < -0.4 is 16.4 Å². The SMILES string of the molecule is Nc1ccc(NC(=O)NCc2ccccc2)c(Cl)c1. The number of rotatable bonds is 3. The highest BCUT2D eigenvalue weighted by Gasteiger charge is 2.05. The van der Waals surface area contributed by atoms with Crippen molar-refractivity contribution in [1.29, 1.82) is 0 Å². The van der Waals surface area contributed by atoms with E-state index >= 15 is 0 Å². The standard InChI is InChI=1S/C14H14ClN3O/c15-12-8-11(16)6-7-13(12)18-14(19)17-9-10-4-2-1-3-5-10/h1-8H,9,16H2,(H2,17,18,19). The summed E-state index contributed by atoms with van der Waals surface area (Å²) in [5, 5.41) is 5.83. The van der Waals surface area contributed by atoms with Crippen molar-refractivity contribution < 1.29 is 4.79 Å². The Balaban J connectivity index is 1.91. The number of nitrogen functional groups attached to an aromatic ring is 1. The number of carbonyl (C=O) groups is 1. The number of carbonyl (C=O) groups excluding carboxylic acids is 1. The van der Waals surface area contributed by atoms with Crippen LogP contribution in [0.2, 0.25) is 5.02 Å². The van der Waals surface area contributed by atoms with E-state index in [1.807, 2.05) is 30.3 Å². The van der Waals surface area contributed by atoms with E-state index in [9.17, 15) is 4.79 Å². The number of nitrogens with two attached hydrogens (primary N) is 1. The van der Waals surface area contributed by atoms with Gasteiger partial charge in [-0.15, -0.1) is 0 Å². The smallest absolute Gasteiger partial charge is 0.319 e. The minimum absolute atomic E-state index is 0.310. The van der Waals surface area contributed by atoms with Crippen molar-refractivity contribution in [1.82, 2.24) is 5.32 Å². The number of benzene rings is 2. The maximum absolute atomic E-state index is 11.7. The van der Waals surface area contributed by atoms with Gasteiger partial charge in [-0.05, 0) is 23.8 Å². The Morgan fingerprint density at radius 3 is 2.58 bits per heavy atom. The Hall–Kier alpha value is -2.20. The molecule has 0 bridgehead atoms. The van der Waals surface area contributed by atoms with Crippen molar-refractivity contribution in [3.63, 3.8) is 0 Å². The summed E-state index contributed by atoms with van der Waals surface area (Å²) >= 11 is 5.97. The molecule has 0 aliphatic rings. The first-order chi connectivity index (χ1) is 9.15. The molecule has 19 heavy (non-hydrogen) atoms. The van der Waals surface area contributed by atoms with Crippen LogP contribution in [0.15, 0.2) is 48.5 Å². The van der Waals surface area contributed by atoms with Gasteiger partial charge in [0.25, 0.3) is 0 Å². The molecule has 4 N–H and O–H groups in total. The third-order valence-electron chi connectivity index (χ3n) is 2.54. The molecule has 0 spiro atoms. The van der Waals surface area contributed by atoms with Crippen molar-refractivity contribution >= 4 is 29.0 Å². The van der Waals surface area contributed by atoms with E-state index in [0.29, 0.717) is 22.9 Å². The molecule has 0 aliphatic heterocycles. The van der Waals surface area contributed by atoms with Crippen molar-refractivity contribution in [3.8, 4) is 0 Å². The monoisotopic (exact) mass is 275 g/mol. The molecule has 4 nitrogen and oxygen atoms in total. The highest BCUT2D eigenvalue weighted by atomic mass is 35.5. The fourth-order valence-corrected chi connectivity index (χ4v) is 1.81. The Labute approximate surface area is 116 Å². The van der Waals surface area contributed by atoms with Crippen molar-refractivity contribution in [3.05, 3.63) is 59.1 Å². The molecule has 2 amide bonds. The summed E-state index contributed by atoms with van der Waals surface area (Å²) < 4.78 is 0. The van der Waals surface area contributed by atoms with Crippen molar-refractivity contribution in [2.45, 2.75) is 6.54 Å². The second-order valence-corrected chi connectivity index (χ2v) is 4.44. The Morgan fingerprint density at radius 2 is 1.89 bits per heavy atom. The lowest BCUT2D eigenvalue weighted by Gasteiger charge is -2.09. The van der Waals surface area contributed by atoms with Gasteiger partial charge in [-0.25, -0.2) is 4.79 Å². The van der Waals surface area contributed by atoms with Crippen LogP contribution in [0, 0.1) is 0 Å². The summed E-state index contributed by atoms with van der Waals surface area (Å²) in [5.74, 6) is 0. The van der Waals surface area contributed by atoms with Crippen LogP contribution in [0.1, 0.15) is 5.56 Å². The molecule has 5 heteroatoms. The molecule has 2 rings (SSSR count). The van der Waals surface area contributed by atoms with Gasteiger partial charge in [0.2, 0.25) is 0 Å². The molecule has 2 aromatic carbocycles. The zero-order valence-electron chi connectivity index (χ0n) is 10.2. The third kappa shape index (κ3) is 3.89. The largest absolute Gasteiger partial charge is 0.399 e. The first kappa shape index (κ1) is 13.2. The predicted molar refractivity (Wildman–Crippen MR) is 78.2 cm³/mol. The molecule has 0 saturated carbocycles. The molecule has 0 aliphatic carbocycles. The van der Waals surface area contributed by atoms with Gasteiger partial charge in [-0.3, -0.25) is 0 Å². The zero-order chi connectivity index (χ0) is 13.7. The Bertz CT molecular complexity index is 572. The van der Waals surface area contributed by atoms with Crippen molar-refractivity contribution in [2.75, 3.05) is 11.1 Å². The number of halogens is 1. The van der Waals surface area contributed by atoms with Crippen molar-refractivity contribution in [2.24, 2.45) is 0 Å². The molecule has 0 unspecified atom stereocenters. The lowest BCUT2D eigenvalue weighted by Crippen LogP contribution is -2.28. The van der Waals surface area contributed by atoms with Gasteiger partial charge in [-0.2, -0.15) is 0 Å². The Kier molecular flexibility index (Phi) is 4.26. The molecule has 2 aromatic rings. The third-order valence-corrected chi connectivity index (χ3v) is 2.85. The van der Waals surface area contributed by atoms with Gasteiger partial charge in [0.15, 0.2) is 0 Å². The first-order valence-electron chi connectivity index (χ1n) is 5.79. The normalized spacial score (nSPS) is 9.95. The van der Waals surface area contributed by atoms with Crippen LogP contribution in [-0.4, -0.2) is 6.03 Å². The minimum Gasteiger partial charge on any atom is -0.399 e. The summed E-state index contributed by atoms with van der Waals surface area (Å²) in [5.41, 5.74) is 7.69. The number of anilines is 2. The Morgan fingerprint density at radius 1 is 1.16 bits per heavy atom. The van der Waals surface area contributed by atoms with Gasteiger partial charge in [-0.1, -0.05) is 41.9 Å². The average molecular weight is 276 g/mol. The summed E-state index contributed by atoms with van der Waals surface area (Å²) in [6, 6.07) is 14.3. The molecule has 0 heterocycles. The number of hydrogen-bond donors (Lipinski definition) is 3. The maximum Gasteiger partial charge on any atom is 0.319 e. The van der Waals surface area contributed by atoms with E-state index < -0.39 is 0 Å². The van der Waals surface area contributed by atoms with Crippen LogP contribution in [0.5, 0.6) is 0 Å². The molecule has 0 fully saturated rings. The molecule has 98 valence electrons. The van der Waals surface area contributed by atoms with E-state index in [4.69, 9.17) is 17.3 Å². The summed E-state index contributed by atoms with van der Waals surface area (Å²) in [6.45, 7) is 0.458. The summed E-state index contributed by atoms with van der Waals surface area (Å²) in [4.78, 5) is 11.7. The van der Waals surface area contributed by atoms with Gasteiger partial charge < -0.3 is 16.4 Å². The topological polar surface area (TPSA) is 67.1 Å². The number of urea groups is 1. The predicted octanol–water partition coefficient (Wildman–Crippen LogP) is 3.24. The second-order valence-electron chi connectivity index (χ2n) is 4.03. The van der Waals surface area contributed by atoms with Gasteiger partial charge >= 0.3 is 6.03 Å². The van der Waals surface area contributed by atoms with Gasteiger partial charge in [0.05, 0.1) is 10.7 Å². The summed E-state index contributed by atoms with van der Waals surface area (Å²) in [7, 11) is 0. The number of hydrogen-bond acceptors (Lipinski definition) is 2. The fraction of sp³-hybridized carbons (Fsp3) is 0.0714.